The van der Waals surface area contributed by atoms with E-state index in [1.165, 1.54) is 0 Å². The number of aliphatic hydroxyl groups excluding tert-OH is 3. The molecular weight excluding hydrogens is 288 g/mol. The van der Waals surface area contributed by atoms with Gasteiger partial charge in [0.15, 0.2) is 11.6 Å². The van der Waals surface area contributed by atoms with Crippen molar-refractivity contribution in [3.05, 3.63) is 0 Å². The zero-order chi connectivity index (χ0) is 17.1. The van der Waals surface area contributed by atoms with Crippen LogP contribution in [0.2, 0.25) is 0 Å². The molecular formula is C12H18O9. The second kappa shape index (κ2) is 6.85. The Morgan fingerprint density at radius 1 is 0.810 bits per heavy atom. The van der Waals surface area contributed by atoms with Gasteiger partial charge in [-0.15, -0.1) is 0 Å². The number of Topliss-reactive ketones (excluding diaryl/α,β-unsaturated/α-hetero) is 3. The Kier molecular flexibility index (Phi) is 6.30. The zero-order valence-electron chi connectivity index (χ0n) is 11.7. The van der Waals surface area contributed by atoms with Crippen LogP contribution in [0.4, 0.5) is 0 Å². The summed E-state index contributed by atoms with van der Waals surface area (Å²) in [6.45, 7) is 2.65. The van der Waals surface area contributed by atoms with Gasteiger partial charge in [-0.25, -0.2) is 4.79 Å². The van der Waals surface area contributed by atoms with Gasteiger partial charge in [-0.3, -0.25) is 14.4 Å². The molecule has 0 aromatic rings. The van der Waals surface area contributed by atoms with Gasteiger partial charge in [0.2, 0.25) is 11.4 Å². The highest BCUT2D eigenvalue weighted by Gasteiger charge is 2.59. The Morgan fingerprint density at radius 3 is 1.33 bits per heavy atom. The van der Waals surface area contributed by atoms with Gasteiger partial charge in [0.1, 0.15) is 24.2 Å². The number of hydrogen-bond donors (Lipinski definition) is 5. The van der Waals surface area contributed by atoms with Crippen molar-refractivity contribution in [1.29, 1.82) is 0 Å². The van der Waals surface area contributed by atoms with Crippen LogP contribution in [0.25, 0.3) is 0 Å². The molecule has 0 aromatic heterocycles. The van der Waals surface area contributed by atoms with Gasteiger partial charge in [0.05, 0.1) is 0 Å². The summed E-state index contributed by atoms with van der Waals surface area (Å²) in [6.07, 6.45) is -5.73. The first-order valence-corrected chi connectivity index (χ1v) is 6.00. The Hall–Kier alpha value is -1.68. The minimum atomic E-state index is -3.59. The second-order valence-corrected chi connectivity index (χ2v) is 4.70. The highest BCUT2D eigenvalue weighted by atomic mass is 16.4. The van der Waals surface area contributed by atoms with Crippen LogP contribution in [-0.4, -0.2) is 72.8 Å². The molecule has 0 fully saturated rings. The lowest BCUT2D eigenvalue weighted by Crippen LogP contribution is -2.62. The molecule has 0 aliphatic rings. The lowest BCUT2D eigenvalue weighted by atomic mass is 9.74. The molecule has 5 N–H and O–H groups in total. The van der Waals surface area contributed by atoms with Crippen molar-refractivity contribution in [3.8, 4) is 0 Å². The maximum absolute atomic E-state index is 11.8. The van der Waals surface area contributed by atoms with E-state index in [-0.39, 0.29) is 0 Å². The highest BCUT2D eigenvalue weighted by molar-refractivity contribution is 6.20. The van der Waals surface area contributed by atoms with E-state index in [1.807, 2.05) is 0 Å². The molecule has 21 heavy (non-hydrogen) atoms. The van der Waals surface area contributed by atoms with Gasteiger partial charge >= 0.3 is 5.97 Å². The van der Waals surface area contributed by atoms with Crippen LogP contribution in [0.3, 0.4) is 0 Å². The number of carboxylic acid groups (broad SMARTS) is 1. The summed E-state index contributed by atoms with van der Waals surface area (Å²) in [7, 11) is 0. The van der Waals surface area contributed by atoms with Crippen molar-refractivity contribution in [1.82, 2.24) is 0 Å². The summed E-state index contributed by atoms with van der Waals surface area (Å²) in [4.78, 5) is 46.6. The number of carboxylic acids is 1. The largest absolute Gasteiger partial charge is 0.479 e. The fourth-order valence-electron chi connectivity index (χ4n) is 1.72. The lowest BCUT2D eigenvalue weighted by Gasteiger charge is -2.31. The monoisotopic (exact) mass is 306 g/mol. The van der Waals surface area contributed by atoms with Crippen LogP contribution in [0.1, 0.15) is 20.8 Å². The van der Waals surface area contributed by atoms with Crippen molar-refractivity contribution in [2.24, 2.45) is 5.92 Å². The predicted molar refractivity (Wildman–Crippen MR) is 66.1 cm³/mol. The quantitative estimate of drug-likeness (QED) is 0.299. The van der Waals surface area contributed by atoms with E-state index in [4.69, 9.17) is 5.11 Å². The predicted octanol–water partition coefficient (Wildman–Crippen LogP) is -2.73. The van der Waals surface area contributed by atoms with Crippen molar-refractivity contribution >= 4 is 23.3 Å². The van der Waals surface area contributed by atoms with E-state index in [1.54, 1.807) is 0 Å². The first-order valence-electron chi connectivity index (χ1n) is 6.00. The van der Waals surface area contributed by atoms with Gasteiger partial charge < -0.3 is 25.5 Å². The first kappa shape index (κ1) is 19.3. The molecule has 9 nitrogen and oxygen atoms in total. The number of carbonyl (C=O) groups is 4. The normalized spacial score (nSPS) is 19.8. The van der Waals surface area contributed by atoms with Gasteiger partial charge in [-0.1, -0.05) is 0 Å². The van der Waals surface area contributed by atoms with Crippen LogP contribution in [-0.2, 0) is 19.2 Å². The summed E-state index contributed by atoms with van der Waals surface area (Å²) < 4.78 is 0. The summed E-state index contributed by atoms with van der Waals surface area (Å²) in [5.41, 5.74) is -3.59. The molecule has 0 spiro atoms. The molecule has 0 aliphatic heterocycles. The molecule has 0 heterocycles. The molecule has 0 aromatic carbocycles. The van der Waals surface area contributed by atoms with E-state index in [9.17, 15) is 39.6 Å². The number of hydrogen-bond acceptors (Lipinski definition) is 8. The molecule has 9 heteroatoms. The Morgan fingerprint density at radius 2 is 1.14 bits per heavy atom. The fraction of sp³-hybridized carbons (Fsp3) is 0.667. The number of aliphatic carboxylic acids is 1. The van der Waals surface area contributed by atoms with Crippen LogP contribution in [0.15, 0.2) is 0 Å². The second-order valence-electron chi connectivity index (χ2n) is 4.70. The van der Waals surface area contributed by atoms with Crippen LogP contribution in [0.5, 0.6) is 0 Å². The maximum atomic E-state index is 11.8. The maximum Gasteiger partial charge on any atom is 0.344 e. The van der Waals surface area contributed by atoms with Crippen LogP contribution >= 0.6 is 0 Å². The highest BCUT2D eigenvalue weighted by Crippen LogP contribution is 2.26. The molecule has 0 amide bonds. The SMILES string of the molecule is CC(O)C(=O)C(C(=O)C(C)O)C(O)(C(=O)O)C(=O)C(C)O. The average molecular weight is 306 g/mol. The van der Waals surface area contributed by atoms with E-state index >= 15 is 0 Å². The zero-order valence-corrected chi connectivity index (χ0v) is 11.7. The molecule has 120 valence electrons. The van der Waals surface area contributed by atoms with E-state index in [0.717, 1.165) is 20.8 Å². The number of carbonyl (C=O) groups excluding carboxylic acids is 3. The van der Waals surface area contributed by atoms with E-state index in [2.05, 4.69) is 0 Å². The van der Waals surface area contributed by atoms with Gasteiger partial charge in [0, 0.05) is 0 Å². The summed E-state index contributed by atoms with van der Waals surface area (Å²) in [5.74, 6) is -9.42. The molecule has 0 radical (unpaired) electrons. The van der Waals surface area contributed by atoms with E-state index < -0.39 is 53.1 Å². The number of aliphatic hydroxyl groups is 4. The Bertz CT molecular complexity index is 432. The van der Waals surface area contributed by atoms with Gasteiger partial charge in [-0.05, 0) is 20.8 Å². The fourth-order valence-corrected chi connectivity index (χ4v) is 1.72. The van der Waals surface area contributed by atoms with Gasteiger partial charge in [0.25, 0.3) is 0 Å². The minimum absolute atomic E-state index is 0.840. The van der Waals surface area contributed by atoms with Crippen molar-refractivity contribution in [2.75, 3.05) is 0 Å². The Balaban J connectivity index is 6.18. The topological polar surface area (TPSA) is 169 Å². The molecule has 0 saturated carbocycles. The summed E-state index contributed by atoms with van der Waals surface area (Å²) >= 11 is 0. The first-order chi connectivity index (χ1) is 9.38. The third-order valence-electron chi connectivity index (χ3n) is 2.89. The third-order valence-corrected chi connectivity index (χ3v) is 2.89. The van der Waals surface area contributed by atoms with Gasteiger partial charge in [-0.2, -0.15) is 0 Å². The number of rotatable bonds is 8. The molecule has 0 bridgehead atoms. The van der Waals surface area contributed by atoms with E-state index in [0.29, 0.717) is 0 Å². The molecule has 0 aliphatic carbocycles. The molecule has 0 saturated heterocycles. The summed E-state index contributed by atoms with van der Waals surface area (Å²) in [5, 5.41) is 46.7. The average Bonchev–Trinajstić information content (AvgIpc) is 2.36. The molecule has 4 unspecified atom stereocenters. The number of ketones is 3. The third kappa shape index (κ3) is 3.70. The van der Waals surface area contributed by atoms with Crippen molar-refractivity contribution in [2.45, 2.75) is 44.7 Å². The van der Waals surface area contributed by atoms with Crippen molar-refractivity contribution < 1.29 is 44.7 Å². The summed E-state index contributed by atoms with van der Waals surface area (Å²) in [6, 6.07) is 0. The van der Waals surface area contributed by atoms with Crippen LogP contribution < -0.4 is 0 Å². The smallest absolute Gasteiger partial charge is 0.344 e. The molecule has 4 atom stereocenters. The lowest BCUT2D eigenvalue weighted by molar-refractivity contribution is -0.182. The van der Waals surface area contributed by atoms with Crippen molar-refractivity contribution in [3.63, 3.8) is 0 Å². The minimum Gasteiger partial charge on any atom is -0.479 e. The standard InChI is InChI=1S/C12H18O9/c1-4(13)8(16)7(9(17)5(2)14)12(21,11(19)20)10(18)6(3)15/h4-7,13-15,21H,1-3H3,(H,19,20). The van der Waals surface area contributed by atoms with Crippen LogP contribution in [0, 0.1) is 5.92 Å². The Labute approximate surface area is 119 Å². The molecule has 0 rings (SSSR count).